The molecule has 2 aromatic heterocycles. The quantitative estimate of drug-likeness (QED) is 0.506. The van der Waals surface area contributed by atoms with Crippen molar-refractivity contribution in [3.05, 3.63) is 63.9 Å². The van der Waals surface area contributed by atoms with Crippen molar-refractivity contribution in [2.24, 2.45) is 0 Å². The molecular weight excluding hydrogens is 436 g/mol. The van der Waals surface area contributed by atoms with Crippen LogP contribution in [-0.2, 0) is 14.8 Å². The molecule has 0 aliphatic carbocycles. The fourth-order valence-electron chi connectivity index (χ4n) is 2.30. The third kappa shape index (κ3) is 5.83. The number of sulfonamides is 1. The molecule has 0 spiro atoms. The number of carbonyl (C=O) groups is 2. The van der Waals surface area contributed by atoms with Crippen LogP contribution >= 0.6 is 22.9 Å². The summed E-state index contributed by atoms with van der Waals surface area (Å²) in [7, 11) is -3.87. The van der Waals surface area contributed by atoms with Crippen LogP contribution < -0.4 is 10.0 Å². The third-order valence-corrected chi connectivity index (χ3v) is 6.18. The molecule has 11 heteroatoms. The number of hydrogen-bond donors (Lipinski definition) is 2. The van der Waals surface area contributed by atoms with Gasteiger partial charge in [0.05, 0.1) is 9.77 Å². The lowest BCUT2D eigenvalue weighted by molar-refractivity contribution is -0.116. The Morgan fingerprint density at radius 2 is 1.76 bits per heavy atom. The van der Waals surface area contributed by atoms with Crippen LogP contribution in [0.3, 0.4) is 0 Å². The van der Waals surface area contributed by atoms with Gasteiger partial charge in [-0.2, -0.15) is 0 Å². The molecule has 2 N–H and O–H groups in total. The number of thiophene rings is 1. The first-order valence-corrected chi connectivity index (χ1v) is 11.1. The van der Waals surface area contributed by atoms with Crippen molar-refractivity contribution in [3.63, 3.8) is 0 Å². The van der Waals surface area contributed by atoms with E-state index >= 15 is 0 Å². The molecule has 0 aliphatic rings. The molecule has 3 aromatic rings. The molecule has 0 fully saturated rings. The molecule has 8 nitrogen and oxygen atoms in total. The summed E-state index contributed by atoms with van der Waals surface area (Å²) in [6.07, 6.45) is 0.137. The van der Waals surface area contributed by atoms with Crippen LogP contribution in [0, 0.1) is 0 Å². The zero-order chi connectivity index (χ0) is 20.9. The van der Waals surface area contributed by atoms with E-state index in [1.54, 1.807) is 17.5 Å². The molecule has 0 unspecified atom stereocenters. The Morgan fingerprint density at radius 3 is 2.38 bits per heavy atom. The van der Waals surface area contributed by atoms with Gasteiger partial charge in [0.1, 0.15) is 0 Å². The second kappa shape index (κ2) is 9.12. The van der Waals surface area contributed by atoms with Crippen molar-refractivity contribution < 1.29 is 18.0 Å². The Labute approximate surface area is 176 Å². The minimum Gasteiger partial charge on any atom is -0.326 e. The molecule has 0 saturated carbocycles. The minimum atomic E-state index is -3.87. The third-order valence-electron chi connectivity index (χ3n) is 3.69. The summed E-state index contributed by atoms with van der Waals surface area (Å²) in [5, 5.41) is 11.8. The van der Waals surface area contributed by atoms with Crippen LogP contribution in [0.4, 0.5) is 11.5 Å². The van der Waals surface area contributed by atoms with E-state index in [2.05, 4.69) is 20.2 Å². The zero-order valence-corrected chi connectivity index (χ0v) is 17.2. The second-order valence-corrected chi connectivity index (χ2v) is 8.84. The van der Waals surface area contributed by atoms with Gasteiger partial charge in [-0.05, 0) is 47.8 Å². The maximum Gasteiger partial charge on any atom is 0.263 e. The molecule has 29 heavy (non-hydrogen) atoms. The van der Waals surface area contributed by atoms with Gasteiger partial charge in [-0.15, -0.1) is 21.5 Å². The number of nitrogens with one attached hydrogen (secondary N) is 2. The summed E-state index contributed by atoms with van der Waals surface area (Å²) < 4.78 is 27.0. The van der Waals surface area contributed by atoms with E-state index in [1.807, 2.05) is 0 Å². The van der Waals surface area contributed by atoms with Crippen molar-refractivity contribution >= 4 is 56.2 Å². The summed E-state index contributed by atoms with van der Waals surface area (Å²) in [6, 6.07) is 11.9. The highest BCUT2D eigenvalue weighted by atomic mass is 35.5. The standard InChI is InChI=1S/C18H15ClN4O4S2/c19-16-8-9-17(22-21-16)23-29(26,27)13-5-3-12(4-6-13)20-18(25)10-7-14(24)15-2-1-11-28-15/h1-6,8-9,11H,7,10H2,(H,20,25)(H,22,23). The highest BCUT2D eigenvalue weighted by Gasteiger charge is 2.16. The summed E-state index contributed by atoms with van der Waals surface area (Å²) in [5.74, 6) is -0.393. The monoisotopic (exact) mass is 450 g/mol. The Kier molecular flexibility index (Phi) is 6.57. The molecule has 1 amide bonds. The average Bonchev–Trinajstić information content (AvgIpc) is 3.23. The molecule has 3 rings (SSSR count). The maximum absolute atomic E-state index is 12.4. The van der Waals surface area contributed by atoms with Gasteiger partial charge in [0.25, 0.3) is 10.0 Å². The number of anilines is 2. The Hall–Kier alpha value is -2.82. The fourth-order valence-corrected chi connectivity index (χ4v) is 4.09. The van der Waals surface area contributed by atoms with Gasteiger partial charge in [0.2, 0.25) is 5.91 Å². The summed E-state index contributed by atoms with van der Waals surface area (Å²) in [6.45, 7) is 0. The van der Waals surface area contributed by atoms with Gasteiger partial charge >= 0.3 is 0 Å². The van der Waals surface area contributed by atoms with Crippen molar-refractivity contribution in [1.29, 1.82) is 0 Å². The minimum absolute atomic E-state index is 0.0138. The number of Topliss-reactive ketones (excluding diaryl/α,β-unsaturated/α-hetero) is 1. The second-order valence-electron chi connectivity index (χ2n) is 5.82. The van der Waals surface area contributed by atoms with Crippen LogP contribution in [0.25, 0.3) is 0 Å². The Morgan fingerprint density at radius 1 is 1.00 bits per heavy atom. The molecule has 1 aromatic carbocycles. The fraction of sp³-hybridized carbons (Fsp3) is 0.111. The van der Waals surface area contributed by atoms with Gasteiger partial charge in [-0.25, -0.2) is 8.42 Å². The highest BCUT2D eigenvalue weighted by molar-refractivity contribution is 7.92. The Bertz CT molecular complexity index is 1100. The molecule has 0 radical (unpaired) electrons. The molecule has 0 saturated heterocycles. The lowest BCUT2D eigenvalue weighted by Gasteiger charge is -2.08. The van der Waals surface area contributed by atoms with Gasteiger partial charge < -0.3 is 5.32 Å². The van der Waals surface area contributed by atoms with E-state index in [-0.39, 0.29) is 40.4 Å². The van der Waals surface area contributed by atoms with Gasteiger partial charge in [-0.1, -0.05) is 17.7 Å². The first kappa shape index (κ1) is 20.9. The summed E-state index contributed by atoms with van der Waals surface area (Å²) in [4.78, 5) is 24.5. The summed E-state index contributed by atoms with van der Waals surface area (Å²) >= 11 is 6.95. The molecule has 2 heterocycles. The van der Waals surface area contributed by atoms with Crippen LogP contribution in [0.2, 0.25) is 5.15 Å². The normalized spacial score (nSPS) is 11.1. The number of nitrogens with zero attached hydrogens (tertiary/aromatic N) is 2. The SMILES string of the molecule is O=C(CCC(=O)c1cccs1)Nc1ccc(S(=O)(=O)Nc2ccc(Cl)nn2)cc1. The molecule has 0 bridgehead atoms. The number of halogens is 1. The van der Waals surface area contributed by atoms with Gasteiger partial charge in [0.15, 0.2) is 16.8 Å². The van der Waals surface area contributed by atoms with E-state index in [0.29, 0.717) is 10.6 Å². The number of aromatic nitrogens is 2. The smallest absolute Gasteiger partial charge is 0.263 e. The molecule has 0 atom stereocenters. The number of carbonyl (C=O) groups excluding carboxylic acids is 2. The van der Waals surface area contributed by atoms with Crippen molar-refractivity contribution in [1.82, 2.24) is 10.2 Å². The molecular formula is C18H15ClN4O4S2. The highest BCUT2D eigenvalue weighted by Crippen LogP contribution is 2.18. The number of amides is 1. The molecule has 0 aliphatic heterocycles. The first-order valence-electron chi connectivity index (χ1n) is 8.32. The predicted molar refractivity (Wildman–Crippen MR) is 111 cm³/mol. The number of rotatable bonds is 8. The number of ketones is 1. The van der Waals surface area contributed by atoms with Gasteiger partial charge in [0, 0.05) is 18.5 Å². The summed E-state index contributed by atoms with van der Waals surface area (Å²) in [5.41, 5.74) is 0.420. The van der Waals surface area contributed by atoms with Crippen LogP contribution in [-0.4, -0.2) is 30.3 Å². The number of hydrogen-bond acceptors (Lipinski definition) is 7. The lowest BCUT2D eigenvalue weighted by Crippen LogP contribution is -2.15. The van der Waals surface area contributed by atoms with E-state index in [9.17, 15) is 18.0 Å². The van der Waals surface area contributed by atoms with E-state index in [1.165, 1.54) is 47.7 Å². The topological polar surface area (TPSA) is 118 Å². The van der Waals surface area contributed by atoms with E-state index in [0.717, 1.165) is 0 Å². The Balaban J connectivity index is 1.57. The maximum atomic E-state index is 12.4. The van der Waals surface area contributed by atoms with Crippen molar-refractivity contribution in [2.45, 2.75) is 17.7 Å². The van der Waals surface area contributed by atoms with E-state index in [4.69, 9.17) is 11.6 Å². The zero-order valence-electron chi connectivity index (χ0n) is 14.8. The van der Waals surface area contributed by atoms with Crippen LogP contribution in [0.15, 0.2) is 58.8 Å². The van der Waals surface area contributed by atoms with E-state index < -0.39 is 10.0 Å². The largest absolute Gasteiger partial charge is 0.326 e. The van der Waals surface area contributed by atoms with Gasteiger partial charge in [-0.3, -0.25) is 14.3 Å². The van der Waals surface area contributed by atoms with Crippen molar-refractivity contribution in [3.8, 4) is 0 Å². The predicted octanol–water partition coefficient (Wildman–Crippen LogP) is 3.59. The molecule has 150 valence electrons. The van der Waals surface area contributed by atoms with Crippen LogP contribution in [0.5, 0.6) is 0 Å². The van der Waals surface area contributed by atoms with Crippen molar-refractivity contribution in [2.75, 3.05) is 10.0 Å². The van der Waals surface area contributed by atoms with Crippen LogP contribution in [0.1, 0.15) is 22.5 Å². The first-order chi connectivity index (χ1) is 13.8. The average molecular weight is 451 g/mol. The lowest BCUT2D eigenvalue weighted by atomic mass is 10.2. The number of benzene rings is 1.